The Bertz CT molecular complexity index is 584. The zero-order chi connectivity index (χ0) is 13.1. The highest BCUT2D eigenvalue weighted by molar-refractivity contribution is 9.10. The molecule has 0 bridgehead atoms. The molecule has 0 spiro atoms. The molecular formula is C13H8Br2FNO. The van der Waals surface area contributed by atoms with Gasteiger partial charge in [0.05, 0.1) is 12.0 Å². The zero-order valence-electron chi connectivity index (χ0n) is 9.16. The number of hydrogen-bond donors (Lipinski definition) is 0. The topological polar surface area (TPSA) is 30.0 Å². The zero-order valence-corrected chi connectivity index (χ0v) is 12.3. The summed E-state index contributed by atoms with van der Waals surface area (Å²) in [4.78, 5) is 16.0. The molecule has 0 radical (unpaired) electrons. The monoisotopic (exact) mass is 371 g/mol. The van der Waals surface area contributed by atoms with Gasteiger partial charge in [0.1, 0.15) is 5.82 Å². The van der Waals surface area contributed by atoms with Gasteiger partial charge in [-0.3, -0.25) is 9.78 Å². The number of carbonyl (C=O) groups excluding carboxylic acids is 1. The third-order valence-electron chi connectivity index (χ3n) is 2.36. The number of hydrogen-bond acceptors (Lipinski definition) is 2. The molecule has 2 aromatic rings. The second-order valence-electron chi connectivity index (χ2n) is 3.69. The quantitative estimate of drug-likeness (QED) is 0.757. The fraction of sp³-hybridized carbons (Fsp3) is 0.0769. The summed E-state index contributed by atoms with van der Waals surface area (Å²) in [5.74, 6) is -0.804. The molecule has 0 aliphatic rings. The average molecular weight is 373 g/mol. The molecule has 0 aliphatic heterocycles. The first kappa shape index (κ1) is 13.4. The summed E-state index contributed by atoms with van der Waals surface area (Å²) in [6, 6.07) is 7.93. The second-order valence-corrected chi connectivity index (χ2v) is 5.52. The van der Waals surface area contributed by atoms with Gasteiger partial charge in [-0.15, -0.1) is 0 Å². The van der Waals surface area contributed by atoms with Gasteiger partial charge in [0.2, 0.25) is 0 Å². The van der Waals surface area contributed by atoms with E-state index in [2.05, 4.69) is 36.8 Å². The van der Waals surface area contributed by atoms with Gasteiger partial charge in [0, 0.05) is 20.8 Å². The predicted molar refractivity (Wildman–Crippen MR) is 74.1 cm³/mol. The minimum absolute atomic E-state index is 0.0860. The number of pyridine rings is 1. The van der Waals surface area contributed by atoms with Crippen molar-refractivity contribution < 1.29 is 9.18 Å². The fourth-order valence-corrected chi connectivity index (χ4v) is 2.05. The van der Waals surface area contributed by atoms with Gasteiger partial charge in [0.25, 0.3) is 0 Å². The normalized spacial score (nSPS) is 10.4. The van der Waals surface area contributed by atoms with Gasteiger partial charge in [-0.2, -0.15) is 0 Å². The number of carbonyl (C=O) groups is 1. The van der Waals surface area contributed by atoms with Crippen molar-refractivity contribution in [3.8, 4) is 0 Å². The van der Waals surface area contributed by atoms with Gasteiger partial charge in [-0.25, -0.2) is 4.39 Å². The molecule has 5 heteroatoms. The van der Waals surface area contributed by atoms with Crippen LogP contribution >= 0.6 is 31.9 Å². The third-order valence-corrected chi connectivity index (χ3v) is 3.32. The summed E-state index contributed by atoms with van der Waals surface area (Å²) in [7, 11) is 0. The van der Waals surface area contributed by atoms with E-state index in [-0.39, 0.29) is 17.8 Å². The molecule has 2 rings (SSSR count). The van der Waals surface area contributed by atoms with Gasteiger partial charge in [0.15, 0.2) is 5.78 Å². The van der Waals surface area contributed by atoms with E-state index in [9.17, 15) is 9.18 Å². The summed E-state index contributed by atoms with van der Waals surface area (Å²) >= 11 is 6.41. The van der Waals surface area contributed by atoms with Crippen LogP contribution in [-0.4, -0.2) is 10.8 Å². The van der Waals surface area contributed by atoms with Crippen molar-refractivity contribution in [2.45, 2.75) is 6.42 Å². The van der Waals surface area contributed by atoms with Gasteiger partial charge in [-0.05, 0) is 46.3 Å². The molecule has 1 aromatic carbocycles. The molecule has 1 aromatic heterocycles. The van der Waals surface area contributed by atoms with Gasteiger partial charge in [-0.1, -0.05) is 15.9 Å². The lowest BCUT2D eigenvalue weighted by Gasteiger charge is -2.03. The van der Waals surface area contributed by atoms with Crippen LogP contribution in [0, 0.1) is 5.82 Å². The van der Waals surface area contributed by atoms with E-state index in [0.717, 1.165) is 4.47 Å². The van der Waals surface area contributed by atoms with Crippen LogP contribution in [-0.2, 0) is 6.42 Å². The predicted octanol–water partition coefficient (Wildman–Crippen LogP) is 4.17. The number of rotatable bonds is 3. The summed E-state index contributed by atoms with van der Waals surface area (Å²) < 4.78 is 15.0. The molecule has 0 fully saturated rings. The Hall–Kier alpha value is -1.07. The molecule has 18 heavy (non-hydrogen) atoms. The maximum atomic E-state index is 13.6. The Balaban J connectivity index is 2.19. The van der Waals surface area contributed by atoms with E-state index < -0.39 is 5.82 Å². The van der Waals surface area contributed by atoms with Crippen molar-refractivity contribution in [2.75, 3.05) is 0 Å². The van der Waals surface area contributed by atoms with Crippen molar-refractivity contribution in [3.63, 3.8) is 0 Å². The smallest absolute Gasteiger partial charge is 0.171 e. The lowest BCUT2D eigenvalue weighted by molar-refractivity contribution is 0.0988. The van der Waals surface area contributed by atoms with Crippen LogP contribution in [0.3, 0.4) is 0 Å². The van der Waals surface area contributed by atoms with Crippen molar-refractivity contribution >= 4 is 37.6 Å². The summed E-state index contributed by atoms with van der Waals surface area (Å²) in [6.07, 6.45) is 1.70. The van der Waals surface area contributed by atoms with Crippen LogP contribution < -0.4 is 0 Å². The van der Waals surface area contributed by atoms with Crippen LogP contribution in [0.1, 0.15) is 16.1 Å². The van der Waals surface area contributed by atoms with Crippen LogP contribution in [0.25, 0.3) is 0 Å². The van der Waals surface area contributed by atoms with E-state index in [1.54, 1.807) is 24.4 Å². The maximum absolute atomic E-state index is 13.6. The van der Waals surface area contributed by atoms with Crippen molar-refractivity contribution in [3.05, 3.63) is 62.5 Å². The third kappa shape index (κ3) is 3.23. The summed E-state index contributed by atoms with van der Waals surface area (Å²) in [6.45, 7) is 0. The van der Waals surface area contributed by atoms with Crippen LogP contribution in [0.2, 0.25) is 0 Å². The molecule has 2 nitrogen and oxygen atoms in total. The minimum Gasteiger partial charge on any atom is -0.294 e. The van der Waals surface area contributed by atoms with E-state index in [4.69, 9.17) is 0 Å². The molecule has 0 saturated heterocycles. The highest BCUT2D eigenvalue weighted by Crippen LogP contribution is 2.17. The van der Waals surface area contributed by atoms with E-state index >= 15 is 0 Å². The standard InChI is InChI=1S/C13H8Br2FNO/c14-8-2-4-11(12(16)5-8)13(18)6-10-3-1-9(15)7-17-10/h1-5,7H,6H2. The number of benzene rings is 1. The molecule has 0 N–H and O–H groups in total. The van der Waals surface area contributed by atoms with E-state index in [1.807, 2.05) is 0 Å². The molecule has 0 unspecified atom stereocenters. The van der Waals surface area contributed by atoms with Crippen molar-refractivity contribution in [2.24, 2.45) is 0 Å². The number of aromatic nitrogens is 1. The van der Waals surface area contributed by atoms with Gasteiger partial charge < -0.3 is 0 Å². The molecule has 0 amide bonds. The molecule has 1 heterocycles. The molecular weight excluding hydrogens is 365 g/mol. The van der Waals surface area contributed by atoms with Gasteiger partial charge >= 0.3 is 0 Å². The largest absolute Gasteiger partial charge is 0.294 e. The molecule has 92 valence electrons. The van der Waals surface area contributed by atoms with Crippen LogP contribution in [0.5, 0.6) is 0 Å². The molecule has 0 atom stereocenters. The SMILES string of the molecule is O=C(Cc1ccc(Br)cn1)c1ccc(Br)cc1F. The summed E-state index contributed by atoms with van der Waals surface area (Å²) in [5.41, 5.74) is 0.702. The average Bonchev–Trinajstić information content (AvgIpc) is 2.32. The van der Waals surface area contributed by atoms with Crippen LogP contribution in [0.4, 0.5) is 4.39 Å². The first-order valence-electron chi connectivity index (χ1n) is 5.15. The minimum atomic E-state index is -0.522. The van der Waals surface area contributed by atoms with Crippen molar-refractivity contribution in [1.29, 1.82) is 0 Å². The maximum Gasteiger partial charge on any atom is 0.171 e. The fourth-order valence-electron chi connectivity index (χ4n) is 1.49. The Labute approximate surface area is 121 Å². The number of halogens is 3. The van der Waals surface area contributed by atoms with Crippen molar-refractivity contribution in [1.82, 2.24) is 4.98 Å². The Kier molecular flexibility index (Phi) is 4.24. The highest BCUT2D eigenvalue weighted by Gasteiger charge is 2.13. The lowest BCUT2D eigenvalue weighted by Crippen LogP contribution is -2.07. The number of nitrogens with zero attached hydrogens (tertiary/aromatic N) is 1. The highest BCUT2D eigenvalue weighted by atomic mass is 79.9. The Morgan fingerprint density at radius 3 is 2.50 bits per heavy atom. The Morgan fingerprint density at radius 1 is 1.17 bits per heavy atom. The second kappa shape index (κ2) is 5.71. The van der Waals surface area contributed by atoms with E-state index in [1.165, 1.54) is 12.1 Å². The lowest BCUT2D eigenvalue weighted by atomic mass is 10.1. The first-order valence-corrected chi connectivity index (χ1v) is 6.73. The van der Waals surface area contributed by atoms with Crippen LogP contribution in [0.15, 0.2) is 45.5 Å². The first-order chi connectivity index (χ1) is 8.56. The van der Waals surface area contributed by atoms with E-state index in [0.29, 0.717) is 10.2 Å². The Morgan fingerprint density at radius 2 is 1.89 bits per heavy atom. The molecule has 0 saturated carbocycles. The summed E-state index contributed by atoms with van der Waals surface area (Å²) in [5, 5.41) is 0. The number of ketones is 1. The number of Topliss-reactive ketones (excluding diaryl/α,β-unsaturated/α-hetero) is 1. The molecule has 0 aliphatic carbocycles.